The summed E-state index contributed by atoms with van der Waals surface area (Å²) in [6.45, 7) is 6.97. The number of nitrogens with one attached hydrogen (secondary N) is 2. The maximum Gasteiger partial charge on any atom is 0.241 e. The molecule has 0 fully saturated rings. The topological polar surface area (TPSA) is 78.5 Å². The van der Waals surface area contributed by atoms with Crippen LogP contribution < -0.4 is 14.9 Å². The fourth-order valence-electron chi connectivity index (χ4n) is 2.70. The minimum Gasteiger partial charge on any atom is -0.372 e. The van der Waals surface area contributed by atoms with Crippen LogP contribution in [-0.4, -0.2) is 34.0 Å². The molecule has 0 saturated heterocycles. The summed E-state index contributed by atoms with van der Waals surface area (Å²) in [5, 5.41) is 2.65. The lowest BCUT2D eigenvalue weighted by Crippen LogP contribution is -2.33. The molecule has 0 spiro atoms. The van der Waals surface area contributed by atoms with E-state index >= 15 is 0 Å². The van der Waals surface area contributed by atoms with Crippen molar-refractivity contribution in [2.45, 2.75) is 25.7 Å². The Labute approximate surface area is 159 Å². The molecular weight excluding hydrogens is 369 g/mol. The Morgan fingerprint density at radius 2 is 1.70 bits per heavy atom. The molecule has 8 heteroatoms. The Hall–Kier alpha value is -2.45. The normalized spacial score (nSPS) is 11.3. The average Bonchev–Trinajstić information content (AvgIpc) is 2.62. The van der Waals surface area contributed by atoms with Crippen LogP contribution in [-0.2, 0) is 14.8 Å². The van der Waals surface area contributed by atoms with Crippen molar-refractivity contribution in [1.29, 1.82) is 0 Å². The Bertz CT molecular complexity index is 895. The van der Waals surface area contributed by atoms with Crippen molar-refractivity contribution in [2.24, 2.45) is 0 Å². The van der Waals surface area contributed by atoms with Crippen LogP contribution in [0, 0.1) is 12.7 Å². The summed E-state index contributed by atoms with van der Waals surface area (Å²) >= 11 is 0. The molecule has 2 N–H and O–H groups in total. The maximum absolute atomic E-state index is 13.1. The second-order valence-corrected chi connectivity index (χ2v) is 7.74. The van der Waals surface area contributed by atoms with E-state index in [1.54, 1.807) is 12.1 Å². The monoisotopic (exact) mass is 393 g/mol. The smallest absolute Gasteiger partial charge is 0.241 e. The van der Waals surface area contributed by atoms with Crippen molar-refractivity contribution in [3.63, 3.8) is 0 Å². The summed E-state index contributed by atoms with van der Waals surface area (Å²) < 4.78 is 39.9. The zero-order valence-corrected chi connectivity index (χ0v) is 16.4. The molecule has 2 rings (SSSR count). The predicted molar refractivity (Wildman–Crippen MR) is 105 cm³/mol. The number of amides is 1. The van der Waals surface area contributed by atoms with Crippen LogP contribution >= 0.6 is 0 Å². The van der Waals surface area contributed by atoms with Gasteiger partial charge in [0.1, 0.15) is 5.82 Å². The first-order chi connectivity index (χ1) is 12.8. The van der Waals surface area contributed by atoms with Crippen LogP contribution in [0.2, 0.25) is 0 Å². The average molecular weight is 393 g/mol. The van der Waals surface area contributed by atoms with E-state index in [0.29, 0.717) is 5.69 Å². The molecule has 0 unspecified atom stereocenters. The highest BCUT2D eigenvalue weighted by Crippen LogP contribution is 2.18. The first kappa shape index (κ1) is 20.9. The van der Waals surface area contributed by atoms with Crippen LogP contribution in [0.4, 0.5) is 15.8 Å². The zero-order valence-electron chi connectivity index (χ0n) is 15.6. The van der Waals surface area contributed by atoms with Gasteiger partial charge in [0, 0.05) is 24.5 Å². The molecule has 2 aromatic carbocycles. The van der Waals surface area contributed by atoms with E-state index < -0.39 is 28.3 Å². The van der Waals surface area contributed by atoms with Gasteiger partial charge in [-0.05, 0) is 68.8 Å². The molecule has 0 aromatic heterocycles. The molecule has 0 radical (unpaired) electrons. The first-order valence-electron chi connectivity index (χ1n) is 8.67. The quantitative estimate of drug-likeness (QED) is 0.723. The van der Waals surface area contributed by atoms with Gasteiger partial charge in [-0.15, -0.1) is 0 Å². The first-order valence-corrected chi connectivity index (χ1v) is 10.2. The zero-order chi connectivity index (χ0) is 20.0. The fraction of sp³-hybridized carbons (Fsp3) is 0.316. The van der Waals surface area contributed by atoms with Gasteiger partial charge >= 0.3 is 0 Å². The second kappa shape index (κ2) is 8.96. The number of carbonyl (C=O) groups excluding carboxylic acids is 1. The third-order valence-electron chi connectivity index (χ3n) is 4.13. The third-order valence-corrected chi connectivity index (χ3v) is 5.69. The van der Waals surface area contributed by atoms with Crippen LogP contribution in [0.15, 0.2) is 47.4 Å². The Morgan fingerprint density at radius 3 is 2.26 bits per heavy atom. The van der Waals surface area contributed by atoms with Crippen LogP contribution in [0.3, 0.4) is 0 Å². The Balaban J connectivity index is 1.97. The van der Waals surface area contributed by atoms with Crippen molar-refractivity contribution >= 4 is 27.3 Å². The van der Waals surface area contributed by atoms with Gasteiger partial charge in [-0.3, -0.25) is 4.79 Å². The summed E-state index contributed by atoms with van der Waals surface area (Å²) in [6.07, 6.45) is 0. The largest absolute Gasteiger partial charge is 0.372 e. The molecule has 0 aliphatic carbocycles. The minimum atomic E-state index is -3.90. The van der Waals surface area contributed by atoms with Gasteiger partial charge in [0.15, 0.2) is 0 Å². The van der Waals surface area contributed by atoms with Crippen LogP contribution in [0.25, 0.3) is 0 Å². The molecule has 0 aliphatic heterocycles. The van der Waals surface area contributed by atoms with Gasteiger partial charge in [0.25, 0.3) is 0 Å². The fourth-order valence-corrected chi connectivity index (χ4v) is 3.91. The molecule has 0 atom stereocenters. The molecule has 0 aliphatic rings. The number of carbonyl (C=O) groups is 1. The van der Waals surface area contributed by atoms with Crippen molar-refractivity contribution in [1.82, 2.24) is 4.72 Å². The van der Waals surface area contributed by atoms with Gasteiger partial charge in [0.2, 0.25) is 15.9 Å². The summed E-state index contributed by atoms with van der Waals surface area (Å²) in [5.74, 6) is -1.01. The summed E-state index contributed by atoms with van der Waals surface area (Å²) in [4.78, 5) is 14.2. The maximum atomic E-state index is 13.1. The number of benzene rings is 2. The lowest BCUT2D eigenvalue weighted by molar-refractivity contribution is -0.115. The van der Waals surface area contributed by atoms with Crippen LogP contribution in [0.1, 0.15) is 19.4 Å². The number of anilines is 2. The van der Waals surface area contributed by atoms with Gasteiger partial charge in [-0.25, -0.2) is 17.5 Å². The number of rotatable bonds is 8. The molecule has 6 nitrogen and oxygen atoms in total. The highest BCUT2D eigenvalue weighted by molar-refractivity contribution is 7.89. The summed E-state index contributed by atoms with van der Waals surface area (Å²) in [7, 11) is -3.90. The van der Waals surface area contributed by atoms with Crippen molar-refractivity contribution < 1.29 is 17.6 Å². The third kappa shape index (κ3) is 5.51. The lowest BCUT2D eigenvalue weighted by atomic mass is 10.2. The van der Waals surface area contributed by atoms with E-state index in [9.17, 15) is 17.6 Å². The minimum absolute atomic E-state index is 0.0553. The molecular formula is C19H24FN3O3S. The molecule has 1 amide bonds. The summed E-state index contributed by atoms with van der Waals surface area (Å²) in [6, 6.07) is 10.7. The molecule has 0 heterocycles. The van der Waals surface area contributed by atoms with Crippen molar-refractivity contribution in [3.8, 4) is 0 Å². The molecule has 0 saturated carbocycles. The van der Waals surface area contributed by atoms with Crippen molar-refractivity contribution in [2.75, 3.05) is 29.9 Å². The highest BCUT2D eigenvalue weighted by atomic mass is 32.2. The van der Waals surface area contributed by atoms with Gasteiger partial charge in [-0.2, -0.15) is 0 Å². The highest BCUT2D eigenvalue weighted by Gasteiger charge is 2.18. The second-order valence-electron chi connectivity index (χ2n) is 6.00. The predicted octanol–water partition coefficient (Wildman–Crippen LogP) is 2.90. The van der Waals surface area contributed by atoms with Crippen molar-refractivity contribution in [3.05, 3.63) is 53.8 Å². The van der Waals surface area contributed by atoms with Gasteiger partial charge in [-0.1, -0.05) is 0 Å². The van der Waals surface area contributed by atoms with E-state index in [-0.39, 0.29) is 10.5 Å². The van der Waals surface area contributed by atoms with Crippen LogP contribution in [0.5, 0.6) is 0 Å². The van der Waals surface area contributed by atoms with E-state index in [0.717, 1.165) is 30.9 Å². The Kier molecular flexibility index (Phi) is 6.92. The number of sulfonamides is 1. The Morgan fingerprint density at radius 1 is 1.07 bits per heavy atom. The van der Waals surface area contributed by atoms with Gasteiger partial charge < -0.3 is 10.2 Å². The lowest BCUT2D eigenvalue weighted by Gasteiger charge is -2.21. The number of nitrogens with zero attached hydrogens (tertiary/aromatic N) is 1. The van der Waals surface area contributed by atoms with E-state index in [1.807, 2.05) is 12.1 Å². The number of halogens is 1. The van der Waals surface area contributed by atoms with Gasteiger partial charge in [0.05, 0.1) is 11.4 Å². The SMILES string of the molecule is CCN(CC)c1ccc(NC(=O)CNS(=O)(=O)c2ccc(F)cc2C)cc1. The molecule has 146 valence electrons. The molecule has 27 heavy (non-hydrogen) atoms. The standard InChI is InChI=1S/C19H24FN3O3S/c1-4-23(5-2)17-9-7-16(8-10-17)22-19(24)13-21-27(25,26)18-11-6-15(20)12-14(18)3/h6-12,21H,4-5,13H2,1-3H3,(H,22,24). The van der Waals surface area contributed by atoms with E-state index in [1.165, 1.54) is 13.0 Å². The number of hydrogen-bond acceptors (Lipinski definition) is 4. The summed E-state index contributed by atoms with van der Waals surface area (Å²) in [5.41, 5.74) is 1.90. The molecule has 0 bridgehead atoms. The van der Waals surface area contributed by atoms with E-state index in [2.05, 4.69) is 28.8 Å². The number of hydrogen-bond donors (Lipinski definition) is 2. The molecule has 2 aromatic rings. The van der Waals surface area contributed by atoms with E-state index in [4.69, 9.17) is 0 Å². The number of aryl methyl sites for hydroxylation is 1.